The van der Waals surface area contributed by atoms with Crippen molar-refractivity contribution in [2.75, 3.05) is 17.7 Å². The number of hydrogen-bond acceptors (Lipinski definition) is 8. The smallest absolute Gasteiger partial charge is 0.284 e. The molecule has 2 aromatic carbocycles. The van der Waals surface area contributed by atoms with Crippen LogP contribution in [0.4, 0.5) is 20.3 Å². The summed E-state index contributed by atoms with van der Waals surface area (Å²) in [5.41, 5.74) is 11.9. The van der Waals surface area contributed by atoms with Crippen LogP contribution in [0.15, 0.2) is 76.8 Å². The Bertz CT molecular complexity index is 1710. The van der Waals surface area contributed by atoms with Crippen LogP contribution in [0.25, 0.3) is 5.69 Å². The molecule has 0 saturated heterocycles. The van der Waals surface area contributed by atoms with Crippen LogP contribution >= 0.6 is 0 Å². The number of benzene rings is 2. The van der Waals surface area contributed by atoms with E-state index in [1.165, 1.54) is 48.8 Å². The van der Waals surface area contributed by atoms with E-state index in [0.29, 0.717) is 0 Å². The number of hydrogen-bond donors (Lipinski definition) is 4. The van der Waals surface area contributed by atoms with Crippen molar-refractivity contribution in [3.63, 3.8) is 0 Å². The zero-order chi connectivity index (χ0) is 29.8. The maximum Gasteiger partial charge on any atom is 0.284 e. The van der Waals surface area contributed by atoms with Gasteiger partial charge >= 0.3 is 0 Å². The third-order valence-electron chi connectivity index (χ3n) is 6.93. The minimum absolute atomic E-state index is 0.00698. The molecule has 1 aliphatic rings. The number of nitrogens with zero attached hydrogens (tertiary/aromatic N) is 4. The summed E-state index contributed by atoms with van der Waals surface area (Å²) in [6.07, 6.45) is 5.15. The molecule has 1 fully saturated rings. The summed E-state index contributed by atoms with van der Waals surface area (Å²) in [6, 6.07) is 11.2. The van der Waals surface area contributed by atoms with Gasteiger partial charge in [-0.05, 0) is 55.3 Å². The number of aromatic nitrogens is 3. The normalized spacial score (nSPS) is 16.8. The van der Waals surface area contributed by atoms with Gasteiger partial charge in [-0.25, -0.2) is 13.8 Å². The zero-order valence-electron chi connectivity index (χ0n) is 22.2. The average molecular weight is 576 g/mol. The van der Waals surface area contributed by atoms with Gasteiger partial charge in [0, 0.05) is 42.7 Å². The summed E-state index contributed by atoms with van der Waals surface area (Å²) in [6.45, 7) is -0.00698. The van der Waals surface area contributed by atoms with Crippen molar-refractivity contribution in [3.05, 3.63) is 100 Å². The van der Waals surface area contributed by atoms with Gasteiger partial charge in [-0.3, -0.25) is 14.6 Å². The first-order valence-electron chi connectivity index (χ1n) is 13.1. The highest BCUT2D eigenvalue weighted by Gasteiger charge is 2.27. The summed E-state index contributed by atoms with van der Waals surface area (Å²) < 4.78 is 35.1. The molecule has 2 heterocycles. The maximum atomic E-state index is 15.1. The van der Waals surface area contributed by atoms with Gasteiger partial charge < -0.3 is 26.6 Å². The topological polar surface area (TPSA) is 171 Å². The van der Waals surface area contributed by atoms with E-state index in [2.05, 4.69) is 20.4 Å². The van der Waals surface area contributed by atoms with Crippen LogP contribution in [-0.2, 0) is 0 Å². The summed E-state index contributed by atoms with van der Waals surface area (Å²) in [7, 11) is 0. The summed E-state index contributed by atoms with van der Waals surface area (Å²) in [5, 5.41) is 16.0. The number of anilines is 2. The van der Waals surface area contributed by atoms with Gasteiger partial charge in [0.05, 0.1) is 11.7 Å². The van der Waals surface area contributed by atoms with Gasteiger partial charge in [0.2, 0.25) is 0 Å². The fourth-order valence-corrected chi connectivity index (χ4v) is 4.77. The molecule has 0 spiro atoms. The molecule has 0 radical (unpaired) electrons. The number of amidine groups is 1. The minimum Gasteiger partial charge on any atom is -0.453 e. The van der Waals surface area contributed by atoms with Gasteiger partial charge in [-0.15, -0.1) is 0 Å². The molecular weight excluding hydrogens is 548 g/mol. The first-order valence-corrected chi connectivity index (χ1v) is 13.1. The standard InChI is InChI=1S/C29H27F2N7O4/c30-17-4-7-19(8-5-17)38-29(41)20(10-13-35-38)28(40)36-18-6-9-23(21(31)14-18)42-24-11-12-34-26(32)25(24)27(33)37-22-3-1-2-16(22)15-39/h4-14,16,22,39H,1-3,15H2,(H2,32,34)(H2,33,37)(H,36,40)/t16-,22-/m0/s1. The molecular formula is C29H27F2N7O4. The van der Waals surface area contributed by atoms with E-state index in [1.54, 1.807) is 0 Å². The van der Waals surface area contributed by atoms with Crippen LogP contribution in [0.2, 0.25) is 0 Å². The number of amides is 1. The largest absolute Gasteiger partial charge is 0.453 e. The molecule has 11 nitrogen and oxygen atoms in total. The van der Waals surface area contributed by atoms with E-state index >= 15 is 4.39 Å². The van der Waals surface area contributed by atoms with Crippen LogP contribution in [0.5, 0.6) is 11.5 Å². The van der Waals surface area contributed by atoms with Crippen LogP contribution < -0.4 is 27.1 Å². The molecule has 13 heteroatoms. The minimum atomic E-state index is -0.820. The van der Waals surface area contributed by atoms with E-state index in [-0.39, 0.29) is 64.2 Å². The Kier molecular flexibility index (Phi) is 8.20. The number of nitrogens with one attached hydrogen (secondary N) is 1. The Balaban J connectivity index is 1.35. The van der Waals surface area contributed by atoms with Crippen LogP contribution in [0, 0.1) is 17.6 Å². The molecule has 4 aromatic rings. The molecule has 2 atom stereocenters. The van der Waals surface area contributed by atoms with Gasteiger partial charge in [-0.2, -0.15) is 9.78 Å². The number of ether oxygens (including phenoxy) is 1. The van der Waals surface area contributed by atoms with E-state index in [1.807, 2.05) is 0 Å². The van der Waals surface area contributed by atoms with Crippen molar-refractivity contribution in [2.24, 2.45) is 16.6 Å². The number of aliphatic imine (C=N–C) groups is 1. The van der Waals surface area contributed by atoms with Crippen molar-refractivity contribution in [1.82, 2.24) is 14.8 Å². The van der Waals surface area contributed by atoms with Gasteiger partial charge in [-0.1, -0.05) is 6.42 Å². The molecule has 1 aliphatic carbocycles. The van der Waals surface area contributed by atoms with Crippen molar-refractivity contribution >= 4 is 23.2 Å². The van der Waals surface area contributed by atoms with E-state index in [4.69, 9.17) is 16.2 Å². The number of aliphatic hydroxyl groups is 1. The van der Waals surface area contributed by atoms with Crippen LogP contribution in [0.1, 0.15) is 35.2 Å². The number of carbonyl (C=O) groups is 1. The molecule has 216 valence electrons. The Labute approximate surface area is 238 Å². The third kappa shape index (κ3) is 5.95. The van der Waals surface area contributed by atoms with E-state index < -0.39 is 23.1 Å². The van der Waals surface area contributed by atoms with Crippen LogP contribution in [0.3, 0.4) is 0 Å². The van der Waals surface area contributed by atoms with Gasteiger partial charge in [0.25, 0.3) is 11.5 Å². The second kappa shape index (κ2) is 12.1. The molecule has 0 unspecified atom stereocenters. The lowest BCUT2D eigenvalue weighted by Gasteiger charge is -2.17. The second-order valence-corrected chi connectivity index (χ2v) is 9.66. The lowest BCUT2D eigenvalue weighted by molar-refractivity contribution is 0.102. The SMILES string of the molecule is NC(=N[C@H]1CCC[C@H]1CO)c1c(Oc2ccc(NC(=O)c3ccnn(-c4ccc(F)cc4)c3=O)cc2F)ccnc1N. The highest BCUT2D eigenvalue weighted by molar-refractivity contribution is 6.04. The predicted octanol–water partition coefficient (Wildman–Crippen LogP) is 3.40. The van der Waals surface area contributed by atoms with E-state index in [0.717, 1.165) is 42.1 Å². The number of nitrogen functional groups attached to an aromatic ring is 1. The molecule has 5 rings (SSSR count). The molecule has 2 aromatic heterocycles. The third-order valence-corrected chi connectivity index (χ3v) is 6.93. The first kappa shape index (κ1) is 28.4. The van der Waals surface area contributed by atoms with Gasteiger partial charge in [0.1, 0.15) is 34.3 Å². The summed E-state index contributed by atoms with van der Waals surface area (Å²) >= 11 is 0. The maximum absolute atomic E-state index is 15.1. The number of carbonyl (C=O) groups excluding carboxylic acids is 1. The Hall–Kier alpha value is -5.17. The molecule has 1 amide bonds. The molecule has 6 N–H and O–H groups in total. The Morgan fingerprint density at radius 1 is 1.10 bits per heavy atom. The number of aliphatic hydroxyl groups excluding tert-OH is 1. The van der Waals surface area contributed by atoms with Crippen molar-refractivity contribution in [1.29, 1.82) is 0 Å². The monoisotopic (exact) mass is 575 g/mol. The Morgan fingerprint density at radius 3 is 2.62 bits per heavy atom. The average Bonchev–Trinajstić information content (AvgIpc) is 3.42. The van der Waals surface area contributed by atoms with Crippen molar-refractivity contribution in [2.45, 2.75) is 25.3 Å². The second-order valence-electron chi connectivity index (χ2n) is 9.66. The lowest BCUT2D eigenvalue weighted by atomic mass is 10.1. The highest BCUT2D eigenvalue weighted by Crippen LogP contribution is 2.33. The van der Waals surface area contributed by atoms with Crippen molar-refractivity contribution in [3.8, 4) is 17.2 Å². The quantitative estimate of drug-likeness (QED) is 0.183. The predicted molar refractivity (Wildman–Crippen MR) is 152 cm³/mol. The number of pyridine rings is 1. The fourth-order valence-electron chi connectivity index (χ4n) is 4.77. The summed E-state index contributed by atoms with van der Waals surface area (Å²) in [5.74, 6) is -2.08. The summed E-state index contributed by atoms with van der Waals surface area (Å²) in [4.78, 5) is 34.3. The zero-order valence-corrected chi connectivity index (χ0v) is 22.2. The first-order chi connectivity index (χ1) is 20.2. The molecule has 0 aliphatic heterocycles. The Morgan fingerprint density at radius 2 is 1.88 bits per heavy atom. The van der Waals surface area contributed by atoms with Crippen LogP contribution in [-0.4, -0.2) is 44.3 Å². The molecule has 0 bridgehead atoms. The highest BCUT2D eigenvalue weighted by atomic mass is 19.1. The number of nitrogens with two attached hydrogens (primary N) is 2. The van der Waals surface area contributed by atoms with Gasteiger partial charge in [0.15, 0.2) is 11.6 Å². The molecule has 1 saturated carbocycles. The fraction of sp³-hybridized carbons (Fsp3) is 0.207. The van der Waals surface area contributed by atoms with Crippen molar-refractivity contribution < 1.29 is 23.4 Å². The number of rotatable bonds is 8. The number of halogens is 2. The molecule has 42 heavy (non-hydrogen) atoms. The van der Waals surface area contributed by atoms with E-state index in [9.17, 15) is 19.1 Å². The lowest BCUT2D eigenvalue weighted by Crippen LogP contribution is -2.29.